The summed E-state index contributed by atoms with van der Waals surface area (Å²) in [5, 5.41) is 13.8. The summed E-state index contributed by atoms with van der Waals surface area (Å²) >= 11 is 0. The van der Waals surface area contributed by atoms with Crippen LogP contribution in [0.3, 0.4) is 0 Å². The molecule has 3 aromatic rings. The Hall–Kier alpha value is -3.68. The van der Waals surface area contributed by atoms with Gasteiger partial charge in [0.25, 0.3) is 5.91 Å². The molecule has 0 atom stereocenters. The minimum Gasteiger partial charge on any atom is -0.493 e. The maximum Gasteiger partial charge on any atom is 0.262 e. The molecule has 27 heavy (non-hydrogen) atoms. The summed E-state index contributed by atoms with van der Waals surface area (Å²) in [6.07, 6.45) is 5.39. The predicted molar refractivity (Wildman–Crippen MR) is 101 cm³/mol. The molecule has 0 aliphatic rings. The molecule has 1 amide bonds. The van der Waals surface area contributed by atoms with Gasteiger partial charge in [0.1, 0.15) is 6.33 Å². The van der Waals surface area contributed by atoms with Crippen LogP contribution < -0.4 is 14.8 Å². The Morgan fingerprint density at radius 1 is 1.19 bits per heavy atom. The molecule has 0 radical (unpaired) electrons. The number of ether oxygens (including phenoxy) is 2. The van der Waals surface area contributed by atoms with E-state index in [0.29, 0.717) is 17.2 Å². The van der Waals surface area contributed by atoms with Gasteiger partial charge in [-0.2, -0.15) is 0 Å². The quantitative estimate of drug-likeness (QED) is 0.692. The third kappa shape index (κ3) is 4.69. The van der Waals surface area contributed by atoms with Crippen molar-refractivity contribution in [2.24, 2.45) is 0 Å². The van der Waals surface area contributed by atoms with Crippen molar-refractivity contribution in [2.45, 2.75) is 6.92 Å². The molecule has 0 spiro atoms. The van der Waals surface area contributed by atoms with Gasteiger partial charge in [-0.05, 0) is 59.3 Å². The van der Waals surface area contributed by atoms with E-state index in [0.717, 1.165) is 11.3 Å². The van der Waals surface area contributed by atoms with Crippen molar-refractivity contribution < 1.29 is 14.3 Å². The number of carbonyl (C=O) groups excluding carboxylic acids is 1. The summed E-state index contributed by atoms with van der Waals surface area (Å²) in [7, 11) is 1.56. The summed E-state index contributed by atoms with van der Waals surface area (Å²) in [4.78, 5) is 12.1. The van der Waals surface area contributed by atoms with E-state index in [4.69, 9.17) is 9.47 Å². The van der Waals surface area contributed by atoms with Crippen molar-refractivity contribution in [3.8, 4) is 17.2 Å². The van der Waals surface area contributed by atoms with Gasteiger partial charge >= 0.3 is 0 Å². The second-order valence-electron chi connectivity index (χ2n) is 5.55. The number of rotatable bonds is 7. The van der Waals surface area contributed by atoms with Crippen molar-refractivity contribution in [1.82, 2.24) is 20.2 Å². The number of amides is 1. The molecular weight excluding hydrogens is 346 g/mol. The smallest absolute Gasteiger partial charge is 0.262 e. The summed E-state index contributed by atoms with van der Waals surface area (Å²) in [5.74, 6) is 0.809. The first-order valence-corrected chi connectivity index (χ1v) is 8.26. The van der Waals surface area contributed by atoms with E-state index in [-0.39, 0.29) is 12.5 Å². The molecule has 0 unspecified atom stereocenters. The number of allylic oxidation sites excluding steroid dienone is 1. The molecule has 0 saturated heterocycles. The fourth-order valence-corrected chi connectivity index (χ4v) is 2.42. The van der Waals surface area contributed by atoms with Crippen LogP contribution in [0, 0.1) is 0 Å². The Morgan fingerprint density at radius 3 is 2.67 bits per heavy atom. The molecule has 8 nitrogen and oxygen atoms in total. The highest BCUT2D eigenvalue weighted by molar-refractivity contribution is 5.92. The maximum atomic E-state index is 12.1. The topological polar surface area (TPSA) is 91.2 Å². The van der Waals surface area contributed by atoms with Crippen LogP contribution in [0.4, 0.5) is 5.69 Å². The van der Waals surface area contributed by atoms with Crippen LogP contribution in [0.25, 0.3) is 11.8 Å². The lowest BCUT2D eigenvalue weighted by Gasteiger charge is -2.11. The van der Waals surface area contributed by atoms with Crippen molar-refractivity contribution in [2.75, 3.05) is 19.0 Å². The summed E-state index contributed by atoms with van der Waals surface area (Å²) < 4.78 is 12.4. The number of nitrogens with zero attached hydrogens (tertiary/aromatic N) is 4. The van der Waals surface area contributed by atoms with Crippen LogP contribution >= 0.6 is 0 Å². The fourth-order valence-electron chi connectivity index (χ4n) is 2.42. The summed E-state index contributed by atoms with van der Waals surface area (Å²) in [5.41, 5.74) is 2.44. The normalized spacial score (nSPS) is 10.7. The molecule has 1 aromatic heterocycles. The second kappa shape index (κ2) is 8.61. The number of hydrogen-bond donors (Lipinski definition) is 1. The van der Waals surface area contributed by atoms with Gasteiger partial charge in [0.05, 0.1) is 12.8 Å². The number of aromatic nitrogens is 4. The first-order chi connectivity index (χ1) is 13.2. The molecule has 3 rings (SSSR count). The van der Waals surface area contributed by atoms with Crippen molar-refractivity contribution in [1.29, 1.82) is 0 Å². The van der Waals surface area contributed by atoms with Crippen LogP contribution in [0.1, 0.15) is 12.5 Å². The van der Waals surface area contributed by atoms with E-state index in [9.17, 15) is 4.79 Å². The summed E-state index contributed by atoms with van der Waals surface area (Å²) in [6, 6.07) is 12.7. The molecule has 0 fully saturated rings. The molecule has 1 heterocycles. The lowest BCUT2D eigenvalue weighted by molar-refractivity contribution is -0.118. The maximum absolute atomic E-state index is 12.1. The molecule has 0 aliphatic carbocycles. The predicted octanol–water partition coefficient (Wildman–Crippen LogP) is 2.72. The van der Waals surface area contributed by atoms with Crippen LogP contribution in [-0.4, -0.2) is 39.8 Å². The van der Waals surface area contributed by atoms with E-state index >= 15 is 0 Å². The van der Waals surface area contributed by atoms with Crippen LogP contribution in [0.15, 0.2) is 54.9 Å². The number of carbonyl (C=O) groups is 1. The van der Waals surface area contributed by atoms with Gasteiger partial charge in [0.2, 0.25) is 0 Å². The average Bonchev–Trinajstić information content (AvgIpc) is 3.22. The zero-order valence-corrected chi connectivity index (χ0v) is 15.0. The number of anilines is 1. The molecule has 0 bridgehead atoms. The number of nitrogens with one attached hydrogen (secondary N) is 1. The Kier molecular flexibility index (Phi) is 5.78. The molecule has 8 heteroatoms. The number of hydrogen-bond acceptors (Lipinski definition) is 6. The highest BCUT2D eigenvalue weighted by atomic mass is 16.5. The van der Waals surface area contributed by atoms with Gasteiger partial charge in [-0.1, -0.05) is 18.2 Å². The highest BCUT2D eigenvalue weighted by Crippen LogP contribution is 2.28. The fraction of sp³-hybridized carbons (Fsp3) is 0.158. The Morgan fingerprint density at radius 2 is 2.00 bits per heavy atom. The van der Waals surface area contributed by atoms with Crippen LogP contribution in [-0.2, 0) is 4.79 Å². The van der Waals surface area contributed by atoms with Gasteiger partial charge in [-0.15, -0.1) is 5.10 Å². The van der Waals surface area contributed by atoms with Crippen LogP contribution in [0.5, 0.6) is 11.5 Å². The van der Waals surface area contributed by atoms with Gasteiger partial charge in [0, 0.05) is 5.69 Å². The summed E-state index contributed by atoms with van der Waals surface area (Å²) in [6.45, 7) is 1.81. The first kappa shape index (κ1) is 18.1. The van der Waals surface area contributed by atoms with Gasteiger partial charge in [-0.25, -0.2) is 4.68 Å². The third-order valence-corrected chi connectivity index (χ3v) is 3.67. The first-order valence-electron chi connectivity index (χ1n) is 8.26. The number of methoxy groups -OCH3 is 1. The molecule has 0 aliphatic heterocycles. The molecule has 0 saturated carbocycles. The largest absolute Gasteiger partial charge is 0.493 e. The van der Waals surface area contributed by atoms with Crippen molar-refractivity contribution in [3.05, 3.63) is 60.4 Å². The van der Waals surface area contributed by atoms with E-state index in [1.165, 1.54) is 11.0 Å². The minimum atomic E-state index is -0.273. The van der Waals surface area contributed by atoms with Gasteiger partial charge in [0.15, 0.2) is 18.1 Å². The lowest BCUT2D eigenvalue weighted by Crippen LogP contribution is -2.20. The lowest BCUT2D eigenvalue weighted by atomic mass is 10.2. The average molecular weight is 365 g/mol. The van der Waals surface area contributed by atoms with Gasteiger partial charge < -0.3 is 14.8 Å². The second-order valence-corrected chi connectivity index (χ2v) is 5.55. The molecule has 1 N–H and O–H groups in total. The number of tetrazole rings is 1. The minimum absolute atomic E-state index is 0.131. The van der Waals surface area contributed by atoms with Crippen molar-refractivity contribution >= 4 is 17.7 Å². The highest BCUT2D eigenvalue weighted by Gasteiger charge is 2.09. The molecule has 138 valence electrons. The monoisotopic (exact) mass is 365 g/mol. The van der Waals surface area contributed by atoms with E-state index < -0.39 is 0 Å². The van der Waals surface area contributed by atoms with E-state index in [2.05, 4.69) is 20.8 Å². The zero-order valence-electron chi connectivity index (χ0n) is 15.0. The number of benzene rings is 2. The Bertz CT molecular complexity index is 921. The molecule has 2 aromatic carbocycles. The molecular formula is C19H19N5O3. The van der Waals surface area contributed by atoms with Gasteiger partial charge in [-0.3, -0.25) is 4.79 Å². The van der Waals surface area contributed by atoms with Crippen molar-refractivity contribution in [3.63, 3.8) is 0 Å². The Balaban J connectivity index is 1.58. The Labute approximate surface area is 156 Å². The standard InChI is InChI=1S/C19H19N5O3/c1-3-4-14-5-10-17(18(11-14)26-2)27-12-19(25)21-15-6-8-16(9-7-15)24-13-20-22-23-24/h3-11,13H,12H2,1-2H3,(H,21,25)/b4-3+. The third-order valence-electron chi connectivity index (χ3n) is 3.67. The van der Waals surface area contributed by atoms with E-state index in [1.807, 2.05) is 31.2 Å². The van der Waals surface area contributed by atoms with Crippen LogP contribution in [0.2, 0.25) is 0 Å². The van der Waals surface area contributed by atoms with E-state index in [1.54, 1.807) is 37.4 Å². The SMILES string of the molecule is C/C=C/c1ccc(OCC(=O)Nc2ccc(-n3cnnn3)cc2)c(OC)c1. The zero-order chi connectivity index (χ0) is 19.1.